The second kappa shape index (κ2) is 7.68. The van der Waals surface area contributed by atoms with Crippen molar-refractivity contribution >= 4 is 22.8 Å². The maximum absolute atomic E-state index is 12.5. The highest BCUT2D eigenvalue weighted by Gasteiger charge is 2.19. The van der Waals surface area contributed by atoms with Gasteiger partial charge >= 0.3 is 0 Å². The average molecular weight is 342 g/mol. The Morgan fingerprint density at radius 2 is 1.96 bits per heavy atom. The summed E-state index contributed by atoms with van der Waals surface area (Å²) in [4.78, 5) is 28.9. The van der Waals surface area contributed by atoms with Gasteiger partial charge in [-0.3, -0.25) is 9.59 Å². The summed E-state index contributed by atoms with van der Waals surface area (Å²) in [7, 11) is 0. The maximum atomic E-state index is 12.5. The van der Waals surface area contributed by atoms with Gasteiger partial charge in [0.25, 0.3) is 0 Å². The number of nitrogens with zero attached hydrogens (tertiary/aromatic N) is 2. The van der Waals surface area contributed by atoms with E-state index < -0.39 is 0 Å². The van der Waals surface area contributed by atoms with Crippen LogP contribution in [-0.2, 0) is 22.7 Å². The smallest absolute Gasteiger partial charge is 0.240 e. The molecule has 2 amide bonds. The number of benzene rings is 1. The van der Waals surface area contributed by atoms with E-state index in [1.807, 2.05) is 42.7 Å². The first-order valence-electron chi connectivity index (χ1n) is 9.06. The number of carbonyl (C=O) groups excluding carboxylic acids is 2. The number of fused-ring (bicyclic) bond motifs is 1. The quantitative estimate of drug-likeness (QED) is 0.846. The second-order valence-electron chi connectivity index (χ2n) is 7.02. The molecule has 2 N–H and O–H groups in total. The third-order valence-electron chi connectivity index (χ3n) is 4.70. The number of carbonyl (C=O) groups is 2. The third kappa shape index (κ3) is 4.18. The molecule has 1 aliphatic rings. The van der Waals surface area contributed by atoms with Crippen LogP contribution in [0, 0.1) is 5.92 Å². The van der Waals surface area contributed by atoms with Crippen LogP contribution in [0.15, 0.2) is 24.3 Å². The SMILES string of the molecule is CC(C)C(=O)NCc1nc2ccccc2n1CC(=O)NC1CCCC1. The van der Waals surface area contributed by atoms with E-state index in [2.05, 4.69) is 15.6 Å². The molecule has 1 heterocycles. The molecule has 1 aromatic heterocycles. The molecule has 6 nitrogen and oxygen atoms in total. The number of hydrogen-bond donors (Lipinski definition) is 2. The van der Waals surface area contributed by atoms with E-state index in [0.29, 0.717) is 18.4 Å². The van der Waals surface area contributed by atoms with Crippen LogP contribution in [0.2, 0.25) is 0 Å². The van der Waals surface area contributed by atoms with E-state index in [-0.39, 0.29) is 24.3 Å². The molecule has 0 aliphatic heterocycles. The van der Waals surface area contributed by atoms with Gasteiger partial charge in [-0.2, -0.15) is 0 Å². The van der Waals surface area contributed by atoms with Crippen molar-refractivity contribution in [2.24, 2.45) is 5.92 Å². The van der Waals surface area contributed by atoms with Crippen molar-refractivity contribution in [3.8, 4) is 0 Å². The fourth-order valence-electron chi connectivity index (χ4n) is 3.29. The molecule has 0 atom stereocenters. The first-order valence-corrected chi connectivity index (χ1v) is 9.06. The van der Waals surface area contributed by atoms with Crippen molar-refractivity contribution in [1.29, 1.82) is 0 Å². The Hall–Kier alpha value is -2.37. The molecule has 134 valence electrons. The van der Waals surface area contributed by atoms with Crippen molar-refractivity contribution < 1.29 is 9.59 Å². The number of imidazole rings is 1. The summed E-state index contributed by atoms with van der Waals surface area (Å²) in [5.74, 6) is 0.612. The average Bonchev–Trinajstić information content (AvgIpc) is 3.21. The second-order valence-corrected chi connectivity index (χ2v) is 7.02. The minimum absolute atomic E-state index is 0.00601. The Labute approximate surface area is 148 Å². The summed E-state index contributed by atoms with van der Waals surface area (Å²) >= 11 is 0. The van der Waals surface area contributed by atoms with Crippen molar-refractivity contribution in [1.82, 2.24) is 20.2 Å². The van der Waals surface area contributed by atoms with E-state index in [4.69, 9.17) is 0 Å². The summed E-state index contributed by atoms with van der Waals surface area (Å²) in [5.41, 5.74) is 1.75. The van der Waals surface area contributed by atoms with Gasteiger partial charge in [-0.15, -0.1) is 0 Å². The van der Waals surface area contributed by atoms with Gasteiger partial charge in [0.1, 0.15) is 12.4 Å². The van der Waals surface area contributed by atoms with Gasteiger partial charge in [-0.1, -0.05) is 38.8 Å². The number of amides is 2. The lowest BCUT2D eigenvalue weighted by molar-refractivity contribution is -0.124. The highest BCUT2D eigenvalue weighted by atomic mass is 16.2. The van der Waals surface area contributed by atoms with Gasteiger partial charge in [0, 0.05) is 12.0 Å². The fourth-order valence-corrected chi connectivity index (χ4v) is 3.29. The Morgan fingerprint density at radius 1 is 1.24 bits per heavy atom. The zero-order valence-corrected chi connectivity index (χ0v) is 14.9. The van der Waals surface area contributed by atoms with E-state index >= 15 is 0 Å². The van der Waals surface area contributed by atoms with Crippen LogP contribution >= 0.6 is 0 Å². The zero-order valence-electron chi connectivity index (χ0n) is 14.9. The molecular formula is C19H26N4O2. The Bertz CT molecular complexity index is 760. The summed E-state index contributed by atoms with van der Waals surface area (Å²) in [6.45, 7) is 4.26. The van der Waals surface area contributed by atoms with Crippen LogP contribution in [0.25, 0.3) is 11.0 Å². The molecule has 2 aromatic rings. The van der Waals surface area contributed by atoms with Crippen LogP contribution in [0.4, 0.5) is 0 Å². The molecule has 0 unspecified atom stereocenters. The van der Waals surface area contributed by atoms with Crippen LogP contribution < -0.4 is 10.6 Å². The molecule has 25 heavy (non-hydrogen) atoms. The van der Waals surface area contributed by atoms with Gasteiger partial charge in [-0.25, -0.2) is 4.98 Å². The van der Waals surface area contributed by atoms with Crippen molar-refractivity contribution in [3.63, 3.8) is 0 Å². The third-order valence-corrected chi connectivity index (χ3v) is 4.70. The molecule has 1 fully saturated rings. The topological polar surface area (TPSA) is 76.0 Å². The molecule has 1 saturated carbocycles. The predicted molar refractivity (Wildman–Crippen MR) is 96.8 cm³/mol. The van der Waals surface area contributed by atoms with Gasteiger partial charge in [0.2, 0.25) is 11.8 Å². The first kappa shape index (κ1) is 17.5. The maximum Gasteiger partial charge on any atom is 0.240 e. The number of para-hydroxylation sites is 2. The van der Waals surface area contributed by atoms with E-state index in [1.165, 1.54) is 12.8 Å². The van der Waals surface area contributed by atoms with Gasteiger partial charge in [0.05, 0.1) is 17.6 Å². The lowest BCUT2D eigenvalue weighted by Gasteiger charge is -2.14. The van der Waals surface area contributed by atoms with Crippen LogP contribution in [0.5, 0.6) is 0 Å². The molecule has 3 rings (SSSR count). The molecule has 6 heteroatoms. The fraction of sp³-hybridized carbons (Fsp3) is 0.526. The molecule has 0 bridgehead atoms. The van der Waals surface area contributed by atoms with E-state index in [0.717, 1.165) is 23.9 Å². The van der Waals surface area contributed by atoms with Gasteiger partial charge < -0.3 is 15.2 Å². The van der Waals surface area contributed by atoms with Crippen LogP contribution in [0.3, 0.4) is 0 Å². The van der Waals surface area contributed by atoms with Crippen LogP contribution in [-0.4, -0.2) is 27.4 Å². The first-order chi connectivity index (χ1) is 12.0. The van der Waals surface area contributed by atoms with Gasteiger partial charge in [0.15, 0.2) is 0 Å². The highest BCUT2D eigenvalue weighted by molar-refractivity contribution is 5.81. The number of hydrogen-bond acceptors (Lipinski definition) is 3. The molecule has 1 aromatic carbocycles. The predicted octanol–water partition coefficient (Wildman–Crippen LogP) is 2.37. The van der Waals surface area contributed by atoms with E-state index in [1.54, 1.807) is 0 Å². The molecule has 1 aliphatic carbocycles. The summed E-state index contributed by atoms with van der Waals surface area (Å²) in [5, 5.41) is 6.01. The number of nitrogens with one attached hydrogen (secondary N) is 2. The Kier molecular flexibility index (Phi) is 5.36. The normalized spacial score (nSPS) is 15.0. The molecule has 0 spiro atoms. The monoisotopic (exact) mass is 342 g/mol. The molecule has 0 saturated heterocycles. The lowest BCUT2D eigenvalue weighted by Crippen LogP contribution is -2.36. The van der Waals surface area contributed by atoms with Crippen molar-refractivity contribution in [2.45, 2.75) is 58.7 Å². The molecular weight excluding hydrogens is 316 g/mol. The zero-order chi connectivity index (χ0) is 17.8. The summed E-state index contributed by atoms with van der Waals surface area (Å²) in [6, 6.07) is 8.04. The Morgan fingerprint density at radius 3 is 2.68 bits per heavy atom. The minimum Gasteiger partial charge on any atom is -0.352 e. The number of aromatic nitrogens is 2. The van der Waals surface area contributed by atoms with Crippen molar-refractivity contribution in [3.05, 3.63) is 30.1 Å². The Balaban J connectivity index is 1.77. The molecule has 0 radical (unpaired) electrons. The minimum atomic E-state index is -0.0801. The van der Waals surface area contributed by atoms with E-state index in [9.17, 15) is 9.59 Å². The lowest BCUT2D eigenvalue weighted by atomic mass is 10.2. The van der Waals surface area contributed by atoms with Gasteiger partial charge in [-0.05, 0) is 25.0 Å². The number of rotatable bonds is 6. The summed E-state index contributed by atoms with van der Waals surface area (Å²) in [6.07, 6.45) is 4.50. The summed E-state index contributed by atoms with van der Waals surface area (Å²) < 4.78 is 1.90. The largest absolute Gasteiger partial charge is 0.352 e. The standard InChI is InChI=1S/C19H26N4O2/c1-13(2)19(25)20-11-17-22-15-9-5-6-10-16(15)23(17)12-18(24)21-14-7-3-4-8-14/h5-6,9-10,13-14H,3-4,7-8,11-12H2,1-2H3,(H,20,25)(H,21,24). The van der Waals surface area contributed by atoms with Crippen LogP contribution in [0.1, 0.15) is 45.4 Å². The highest BCUT2D eigenvalue weighted by Crippen LogP contribution is 2.19. The van der Waals surface area contributed by atoms with Crippen molar-refractivity contribution in [2.75, 3.05) is 0 Å².